The van der Waals surface area contributed by atoms with Crippen molar-refractivity contribution in [2.24, 2.45) is 0 Å². The molecule has 0 amide bonds. The molecule has 0 aliphatic heterocycles. The topological polar surface area (TPSA) is 58.2 Å². The lowest BCUT2D eigenvalue weighted by molar-refractivity contribution is 0.601. The van der Waals surface area contributed by atoms with Gasteiger partial charge in [-0.05, 0) is 55.8 Å². The largest absolute Gasteiger partial charge is 0.385 e. The van der Waals surface area contributed by atoms with Gasteiger partial charge >= 0.3 is 0 Å². The van der Waals surface area contributed by atoms with Gasteiger partial charge in [0, 0.05) is 17.3 Å². The molecule has 0 saturated heterocycles. The van der Waals surface area contributed by atoms with Gasteiger partial charge in [0.15, 0.2) is 0 Å². The molecular formula is C15H17ClN2O2S. The Kier molecular flexibility index (Phi) is 4.75. The zero-order chi connectivity index (χ0) is 15.5. The Bertz CT molecular complexity index is 728. The molecule has 2 aromatic rings. The van der Waals surface area contributed by atoms with Crippen molar-refractivity contribution in [3.63, 3.8) is 0 Å². The van der Waals surface area contributed by atoms with E-state index in [0.29, 0.717) is 16.3 Å². The summed E-state index contributed by atoms with van der Waals surface area (Å²) in [5.74, 6) is 0. The Hall–Kier alpha value is -1.72. The maximum atomic E-state index is 12.4. The van der Waals surface area contributed by atoms with E-state index >= 15 is 0 Å². The molecule has 0 fully saturated rings. The van der Waals surface area contributed by atoms with Crippen molar-refractivity contribution in [3.05, 3.63) is 53.1 Å². The first-order chi connectivity index (χ1) is 9.94. The minimum atomic E-state index is -3.62. The molecule has 0 unspecified atom stereocenters. The van der Waals surface area contributed by atoms with Crippen LogP contribution in [0.4, 0.5) is 11.4 Å². The van der Waals surface area contributed by atoms with Crippen LogP contribution in [0, 0.1) is 6.92 Å². The molecule has 4 nitrogen and oxygen atoms in total. The summed E-state index contributed by atoms with van der Waals surface area (Å²) in [5, 5.41) is 3.65. The van der Waals surface area contributed by atoms with Gasteiger partial charge in [-0.3, -0.25) is 4.72 Å². The Balaban J connectivity index is 2.27. The van der Waals surface area contributed by atoms with Crippen LogP contribution in [0.1, 0.15) is 12.5 Å². The summed E-state index contributed by atoms with van der Waals surface area (Å²) in [7, 11) is -3.62. The summed E-state index contributed by atoms with van der Waals surface area (Å²) in [6.07, 6.45) is 0. The van der Waals surface area contributed by atoms with Crippen LogP contribution in [-0.2, 0) is 10.0 Å². The number of anilines is 2. The highest BCUT2D eigenvalue weighted by atomic mass is 35.5. The number of hydrogen-bond acceptors (Lipinski definition) is 3. The SMILES string of the molecule is CCNc1ccc(S(=O)(=O)Nc2cccc(Cl)c2C)cc1. The van der Waals surface area contributed by atoms with E-state index in [4.69, 9.17) is 11.6 Å². The summed E-state index contributed by atoms with van der Waals surface area (Å²) in [5.41, 5.74) is 2.07. The van der Waals surface area contributed by atoms with E-state index in [0.717, 1.165) is 12.2 Å². The van der Waals surface area contributed by atoms with Crippen LogP contribution >= 0.6 is 11.6 Å². The lowest BCUT2D eigenvalue weighted by atomic mass is 10.2. The van der Waals surface area contributed by atoms with Crippen molar-refractivity contribution in [1.29, 1.82) is 0 Å². The normalized spacial score (nSPS) is 11.2. The second-order valence-corrected chi connectivity index (χ2v) is 6.66. The predicted octanol–water partition coefficient (Wildman–Crippen LogP) is 3.88. The molecule has 0 aliphatic rings. The summed E-state index contributed by atoms with van der Waals surface area (Å²) in [6, 6.07) is 11.7. The van der Waals surface area contributed by atoms with E-state index in [-0.39, 0.29) is 4.90 Å². The Morgan fingerprint density at radius 1 is 1.10 bits per heavy atom. The van der Waals surface area contributed by atoms with Gasteiger partial charge in [-0.1, -0.05) is 17.7 Å². The minimum absolute atomic E-state index is 0.212. The highest BCUT2D eigenvalue weighted by molar-refractivity contribution is 7.92. The maximum Gasteiger partial charge on any atom is 0.261 e. The van der Waals surface area contributed by atoms with Crippen molar-refractivity contribution in [1.82, 2.24) is 0 Å². The first-order valence-electron chi connectivity index (χ1n) is 6.56. The quantitative estimate of drug-likeness (QED) is 0.877. The summed E-state index contributed by atoms with van der Waals surface area (Å²) < 4.78 is 27.3. The fourth-order valence-corrected chi connectivity index (χ4v) is 3.18. The van der Waals surface area contributed by atoms with Crippen molar-refractivity contribution in [3.8, 4) is 0 Å². The second-order valence-electron chi connectivity index (χ2n) is 4.57. The molecule has 0 aliphatic carbocycles. The first kappa shape index (κ1) is 15.7. The molecule has 0 aromatic heterocycles. The number of hydrogen-bond donors (Lipinski definition) is 2. The van der Waals surface area contributed by atoms with Gasteiger partial charge in [0.05, 0.1) is 10.6 Å². The van der Waals surface area contributed by atoms with Crippen LogP contribution < -0.4 is 10.0 Å². The van der Waals surface area contributed by atoms with Crippen molar-refractivity contribution < 1.29 is 8.42 Å². The molecule has 0 atom stereocenters. The van der Waals surface area contributed by atoms with E-state index in [2.05, 4.69) is 10.0 Å². The van der Waals surface area contributed by atoms with Crippen LogP contribution in [0.25, 0.3) is 0 Å². The predicted molar refractivity (Wildman–Crippen MR) is 87.6 cm³/mol. The van der Waals surface area contributed by atoms with Gasteiger partial charge in [-0.25, -0.2) is 8.42 Å². The van der Waals surface area contributed by atoms with Gasteiger partial charge in [-0.15, -0.1) is 0 Å². The van der Waals surface area contributed by atoms with E-state index < -0.39 is 10.0 Å². The van der Waals surface area contributed by atoms with Crippen LogP contribution in [0.15, 0.2) is 47.4 Å². The Morgan fingerprint density at radius 3 is 2.38 bits per heavy atom. The van der Waals surface area contributed by atoms with Crippen LogP contribution in [0.3, 0.4) is 0 Å². The third-order valence-electron chi connectivity index (χ3n) is 3.06. The molecule has 2 rings (SSSR count). The molecule has 0 heterocycles. The highest BCUT2D eigenvalue weighted by Crippen LogP contribution is 2.25. The van der Waals surface area contributed by atoms with Crippen molar-refractivity contribution >= 4 is 33.0 Å². The average molecular weight is 325 g/mol. The van der Waals surface area contributed by atoms with E-state index in [9.17, 15) is 8.42 Å². The number of halogens is 1. The zero-order valence-corrected chi connectivity index (χ0v) is 13.4. The lowest BCUT2D eigenvalue weighted by Gasteiger charge is -2.12. The molecule has 0 radical (unpaired) electrons. The number of benzene rings is 2. The average Bonchev–Trinajstić information content (AvgIpc) is 2.45. The van der Waals surface area contributed by atoms with E-state index in [1.807, 2.05) is 6.92 Å². The van der Waals surface area contributed by atoms with Gasteiger partial charge in [-0.2, -0.15) is 0 Å². The molecule has 0 spiro atoms. The summed E-state index contributed by atoms with van der Waals surface area (Å²) >= 11 is 6.00. The smallest absolute Gasteiger partial charge is 0.261 e. The molecule has 6 heteroatoms. The van der Waals surface area contributed by atoms with Crippen molar-refractivity contribution in [2.45, 2.75) is 18.7 Å². The minimum Gasteiger partial charge on any atom is -0.385 e. The molecule has 21 heavy (non-hydrogen) atoms. The van der Waals surface area contributed by atoms with Gasteiger partial charge in [0.25, 0.3) is 10.0 Å². The first-order valence-corrected chi connectivity index (χ1v) is 8.42. The van der Waals surface area contributed by atoms with E-state index in [1.54, 1.807) is 49.4 Å². The van der Waals surface area contributed by atoms with Crippen LogP contribution in [0.2, 0.25) is 5.02 Å². The zero-order valence-electron chi connectivity index (χ0n) is 11.9. The monoisotopic (exact) mass is 324 g/mol. The second kappa shape index (κ2) is 6.37. The summed E-state index contributed by atoms with van der Waals surface area (Å²) in [6.45, 7) is 4.54. The van der Waals surface area contributed by atoms with E-state index in [1.165, 1.54) is 0 Å². The lowest BCUT2D eigenvalue weighted by Crippen LogP contribution is -2.13. The van der Waals surface area contributed by atoms with Gasteiger partial charge in [0.2, 0.25) is 0 Å². The Labute approximate surface area is 130 Å². The molecule has 112 valence electrons. The molecule has 0 saturated carbocycles. The maximum absolute atomic E-state index is 12.4. The molecule has 0 bridgehead atoms. The van der Waals surface area contributed by atoms with Crippen molar-refractivity contribution in [2.75, 3.05) is 16.6 Å². The molecule has 2 aromatic carbocycles. The van der Waals surface area contributed by atoms with Gasteiger partial charge < -0.3 is 5.32 Å². The molecule has 2 N–H and O–H groups in total. The van der Waals surface area contributed by atoms with Crippen LogP contribution in [0.5, 0.6) is 0 Å². The third-order valence-corrected chi connectivity index (χ3v) is 4.85. The van der Waals surface area contributed by atoms with Gasteiger partial charge in [0.1, 0.15) is 0 Å². The number of nitrogens with one attached hydrogen (secondary N) is 2. The Morgan fingerprint density at radius 2 is 1.76 bits per heavy atom. The highest BCUT2D eigenvalue weighted by Gasteiger charge is 2.15. The van der Waals surface area contributed by atoms with Crippen LogP contribution in [-0.4, -0.2) is 15.0 Å². The third kappa shape index (κ3) is 3.68. The fourth-order valence-electron chi connectivity index (χ4n) is 1.88. The molecular weight excluding hydrogens is 308 g/mol. The number of rotatable bonds is 5. The standard InChI is InChI=1S/C15H17ClN2O2S/c1-3-17-12-7-9-13(10-8-12)21(19,20)18-15-6-4-5-14(16)11(15)2/h4-10,17-18H,3H2,1-2H3. The summed E-state index contributed by atoms with van der Waals surface area (Å²) in [4.78, 5) is 0.212. The fraction of sp³-hybridized carbons (Fsp3) is 0.200. The number of sulfonamides is 1.